The molecule has 7 heteroatoms. The van der Waals surface area contributed by atoms with Gasteiger partial charge in [-0.15, -0.1) is 11.8 Å². The number of ether oxygens (including phenoxy) is 1. The first-order valence-electron chi connectivity index (χ1n) is 7.19. The Labute approximate surface area is 147 Å². The number of imide groups is 1. The Morgan fingerprint density at radius 1 is 1.21 bits per heavy atom. The SMILES string of the molecule is O=C1OC(CSc2ccc(F)cc2)CN1C(=O)c1ccc(Cl)cc1. The van der Waals surface area contributed by atoms with Gasteiger partial charge in [0.1, 0.15) is 11.9 Å². The van der Waals surface area contributed by atoms with E-state index in [1.807, 2.05) is 0 Å². The van der Waals surface area contributed by atoms with Crippen LogP contribution in [0.25, 0.3) is 0 Å². The molecule has 0 radical (unpaired) electrons. The van der Waals surface area contributed by atoms with Gasteiger partial charge in [0, 0.05) is 21.2 Å². The predicted molar refractivity (Wildman–Crippen MR) is 89.9 cm³/mol. The van der Waals surface area contributed by atoms with Crippen molar-refractivity contribution in [2.24, 2.45) is 0 Å². The van der Waals surface area contributed by atoms with Crippen molar-refractivity contribution in [2.75, 3.05) is 12.3 Å². The topological polar surface area (TPSA) is 46.6 Å². The van der Waals surface area contributed by atoms with Crippen molar-refractivity contribution in [2.45, 2.75) is 11.0 Å². The summed E-state index contributed by atoms with van der Waals surface area (Å²) < 4.78 is 18.1. The lowest BCUT2D eigenvalue weighted by Gasteiger charge is -2.11. The molecule has 1 aliphatic rings. The number of carbonyl (C=O) groups is 2. The van der Waals surface area contributed by atoms with Gasteiger partial charge in [-0.2, -0.15) is 0 Å². The van der Waals surface area contributed by atoms with Crippen molar-refractivity contribution in [3.8, 4) is 0 Å². The van der Waals surface area contributed by atoms with Crippen LogP contribution >= 0.6 is 23.4 Å². The number of hydrogen-bond acceptors (Lipinski definition) is 4. The highest BCUT2D eigenvalue weighted by Gasteiger charge is 2.36. The van der Waals surface area contributed by atoms with Crippen LogP contribution in [0.15, 0.2) is 53.4 Å². The second kappa shape index (κ2) is 7.23. The van der Waals surface area contributed by atoms with Gasteiger partial charge in [-0.25, -0.2) is 14.1 Å². The molecular formula is C17H13ClFNO3S. The number of hydrogen-bond donors (Lipinski definition) is 0. The summed E-state index contributed by atoms with van der Waals surface area (Å²) in [4.78, 5) is 26.2. The van der Waals surface area contributed by atoms with E-state index in [0.717, 1.165) is 9.80 Å². The second-order valence-electron chi connectivity index (χ2n) is 5.19. The van der Waals surface area contributed by atoms with Crippen molar-refractivity contribution in [3.63, 3.8) is 0 Å². The van der Waals surface area contributed by atoms with Gasteiger partial charge in [-0.3, -0.25) is 4.79 Å². The summed E-state index contributed by atoms with van der Waals surface area (Å²) in [6.45, 7) is 0.189. The van der Waals surface area contributed by atoms with Gasteiger partial charge in [-0.1, -0.05) is 11.6 Å². The number of thioether (sulfide) groups is 1. The average molecular weight is 366 g/mol. The maximum Gasteiger partial charge on any atom is 0.417 e. The summed E-state index contributed by atoms with van der Waals surface area (Å²) in [5, 5.41) is 0.518. The molecule has 2 aromatic rings. The van der Waals surface area contributed by atoms with E-state index in [1.54, 1.807) is 36.4 Å². The Bertz CT molecular complexity index is 751. The molecule has 1 fully saturated rings. The van der Waals surface area contributed by atoms with Gasteiger partial charge >= 0.3 is 6.09 Å². The Kier molecular flexibility index (Phi) is 5.06. The third kappa shape index (κ3) is 3.88. The molecule has 24 heavy (non-hydrogen) atoms. The summed E-state index contributed by atoms with van der Waals surface area (Å²) in [6.07, 6.45) is -1.05. The van der Waals surface area contributed by atoms with Crippen LogP contribution in [0.5, 0.6) is 0 Å². The van der Waals surface area contributed by atoms with Crippen LogP contribution in [-0.2, 0) is 4.74 Å². The Hall–Kier alpha value is -2.05. The molecule has 0 bridgehead atoms. The second-order valence-corrected chi connectivity index (χ2v) is 6.72. The van der Waals surface area contributed by atoms with Crippen molar-refractivity contribution < 1.29 is 18.7 Å². The number of carbonyl (C=O) groups excluding carboxylic acids is 2. The summed E-state index contributed by atoms with van der Waals surface area (Å²) in [6, 6.07) is 12.4. The molecule has 124 valence electrons. The zero-order chi connectivity index (χ0) is 17.1. The standard InChI is InChI=1S/C17H13ClFNO3S/c18-12-3-1-11(2-4-12)16(21)20-9-14(23-17(20)22)10-24-15-7-5-13(19)6-8-15/h1-8,14H,9-10H2. The molecule has 0 aliphatic carbocycles. The summed E-state index contributed by atoms with van der Waals surface area (Å²) >= 11 is 7.23. The van der Waals surface area contributed by atoms with Crippen LogP contribution < -0.4 is 0 Å². The van der Waals surface area contributed by atoms with E-state index < -0.39 is 18.1 Å². The molecular weight excluding hydrogens is 353 g/mol. The van der Waals surface area contributed by atoms with Gasteiger partial charge in [0.05, 0.1) is 6.54 Å². The maximum absolute atomic E-state index is 12.9. The zero-order valence-corrected chi connectivity index (χ0v) is 14.0. The third-order valence-electron chi connectivity index (χ3n) is 3.46. The largest absolute Gasteiger partial charge is 0.443 e. The van der Waals surface area contributed by atoms with Gasteiger partial charge in [-0.05, 0) is 48.5 Å². The van der Waals surface area contributed by atoms with E-state index in [-0.39, 0.29) is 12.4 Å². The fourth-order valence-corrected chi connectivity index (χ4v) is 3.25. The first kappa shape index (κ1) is 16.8. The minimum atomic E-state index is -0.653. The normalized spacial score (nSPS) is 17.0. The highest BCUT2D eigenvalue weighted by Crippen LogP contribution is 2.24. The number of nitrogens with zero attached hydrogens (tertiary/aromatic N) is 1. The molecule has 2 aromatic carbocycles. The zero-order valence-electron chi connectivity index (χ0n) is 12.4. The summed E-state index contributed by atoms with van der Waals surface area (Å²) in [5.41, 5.74) is 0.378. The summed E-state index contributed by atoms with van der Waals surface area (Å²) in [5.74, 6) is -0.223. The smallest absolute Gasteiger partial charge is 0.417 e. The van der Waals surface area contributed by atoms with E-state index in [1.165, 1.54) is 23.9 Å². The molecule has 1 saturated heterocycles. The minimum Gasteiger partial charge on any atom is -0.443 e. The molecule has 1 heterocycles. The van der Waals surface area contributed by atoms with Crippen molar-refractivity contribution >= 4 is 35.4 Å². The fourth-order valence-electron chi connectivity index (χ4n) is 2.24. The van der Waals surface area contributed by atoms with Gasteiger partial charge < -0.3 is 4.74 Å². The number of benzene rings is 2. The third-order valence-corrected chi connectivity index (χ3v) is 4.86. The molecule has 2 amide bonds. The average Bonchev–Trinajstić information content (AvgIpc) is 2.95. The molecule has 0 aromatic heterocycles. The molecule has 1 atom stereocenters. The highest BCUT2D eigenvalue weighted by atomic mass is 35.5. The van der Waals surface area contributed by atoms with Crippen LogP contribution in [0.2, 0.25) is 5.02 Å². The fraction of sp³-hybridized carbons (Fsp3) is 0.176. The van der Waals surface area contributed by atoms with Gasteiger partial charge in [0.25, 0.3) is 5.91 Å². The molecule has 1 unspecified atom stereocenters. The van der Waals surface area contributed by atoms with Crippen molar-refractivity contribution in [1.82, 2.24) is 4.90 Å². The molecule has 3 rings (SSSR count). The van der Waals surface area contributed by atoms with Crippen LogP contribution in [0, 0.1) is 5.82 Å². The lowest BCUT2D eigenvalue weighted by atomic mass is 10.2. The highest BCUT2D eigenvalue weighted by molar-refractivity contribution is 7.99. The van der Waals surface area contributed by atoms with E-state index in [4.69, 9.17) is 16.3 Å². The predicted octanol–water partition coefficient (Wildman–Crippen LogP) is 4.23. The lowest BCUT2D eigenvalue weighted by molar-refractivity contribution is 0.0809. The number of amides is 2. The van der Waals surface area contributed by atoms with Gasteiger partial charge in [0.15, 0.2) is 0 Å². The molecule has 0 N–H and O–H groups in total. The minimum absolute atomic E-state index is 0.189. The molecule has 1 aliphatic heterocycles. The summed E-state index contributed by atoms with van der Waals surface area (Å²) in [7, 11) is 0. The van der Waals surface area contributed by atoms with Crippen LogP contribution in [0.4, 0.5) is 9.18 Å². The van der Waals surface area contributed by atoms with E-state index in [2.05, 4.69) is 0 Å². The Morgan fingerprint density at radius 3 is 2.54 bits per heavy atom. The number of cyclic esters (lactones) is 1. The first-order chi connectivity index (χ1) is 11.5. The van der Waals surface area contributed by atoms with Crippen LogP contribution in [0.1, 0.15) is 10.4 Å². The number of rotatable bonds is 4. The number of halogens is 2. The first-order valence-corrected chi connectivity index (χ1v) is 8.56. The van der Waals surface area contributed by atoms with E-state index in [0.29, 0.717) is 16.3 Å². The molecule has 0 saturated carbocycles. The Morgan fingerprint density at radius 2 is 1.88 bits per heavy atom. The monoisotopic (exact) mass is 365 g/mol. The van der Waals surface area contributed by atoms with Crippen LogP contribution in [-0.4, -0.2) is 35.3 Å². The van der Waals surface area contributed by atoms with Crippen LogP contribution in [0.3, 0.4) is 0 Å². The maximum atomic E-state index is 12.9. The molecule has 4 nitrogen and oxygen atoms in total. The van der Waals surface area contributed by atoms with Crippen molar-refractivity contribution in [1.29, 1.82) is 0 Å². The van der Waals surface area contributed by atoms with Crippen molar-refractivity contribution in [3.05, 3.63) is 64.9 Å². The van der Waals surface area contributed by atoms with E-state index in [9.17, 15) is 14.0 Å². The lowest BCUT2D eigenvalue weighted by Crippen LogP contribution is -2.32. The quantitative estimate of drug-likeness (QED) is 0.760. The van der Waals surface area contributed by atoms with Gasteiger partial charge in [0.2, 0.25) is 0 Å². The van der Waals surface area contributed by atoms with E-state index >= 15 is 0 Å². The molecule has 0 spiro atoms. The Balaban J connectivity index is 1.59.